The molecule has 3 heteroatoms. The monoisotopic (exact) mass is 295 g/mol. The van der Waals surface area contributed by atoms with E-state index in [1.54, 1.807) is 7.11 Å². The van der Waals surface area contributed by atoms with Gasteiger partial charge in [0.2, 0.25) is 0 Å². The van der Waals surface area contributed by atoms with Gasteiger partial charge in [0, 0.05) is 5.69 Å². The molecule has 2 aromatic rings. The number of anilines is 1. The standard InChI is InChI=1S/C19H21NO2/c1-13-17(14-7-9-16(22-2)10-8-14)11-15-5-3-4-6-18(15)20-19(13)12-21/h3-10,12-13,17,19-20H,11H2,1-2H3. The number of carbonyl (C=O) groups excluding carboxylic acids is 1. The normalized spacial score (nSPS) is 23.8. The van der Waals surface area contributed by atoms with Crippen molar-refractivity contribution in [2.45, 2.75) is 25.3 Å². The summed E-state index contributed by atoms with van der Waals surface area (Å²) in [4.78, 5) is 11.5. The highest BCUT2D eigenvalue weighted by molar-refractivity contribution is 5.68. The number of fused-ring (bicyclic) bond motifs is 1. The van der Waals surface area contributed by atoms with Crippen LogP contribution in [0.4, 0.5) is 5.69 Å². The van der Waals surface area contributed by atoms with Crippen molar-refractivity contribution in [2.75, 3.05) is 12.4 Å². The molecule has 3 atom stereocenters. The van der Waals surface area contributed by atoms with E-state index in [0.717, 1.165) is 24.1 Å². The summed E-state index contributed by atoms with van der Waals surface area (Å²) in [5.41, 5.74) is 3.58. The third-order valence-electron chi connectivity index (χ3n) is 4.67. The van der Waals surface area contributed by atoms with Crippen LogP contribution in [-0.4, -0.2) is 19.4 Å². The molecule has 0 fully saturated rings. The number of carbonyl (C=O) groups is 1. The van der Waals surface area contributed by atoms with E-state index in [1.807, 2.05) is 18.2 Å². The van der Waals surface area contributed by atoms with Crippen LogP contribution in [0.2, 0.25) is 0 Å². The number of aldehydes is 1. The first-order valence-corrected chi connectivity index (χ1v) is 7.66. The van der Waals surface area contributed by atoms with Gasteiger partial charge in [-0.15, -0.1) is 0 Å². The van der Waals surface area contributed by atoms with E-state index in [0.29, 0.717) is 5.92 Å². The first-order chi connectivity index (χ1) is 10.7. The van der Waals surface area contributed by atoms with Gasteiger partial charge in [-0.2, -0.15) is 0 Å². The zero-order chi connectivity index (χ0) is 15.5. The molecule has 0 spiro atoms. The van der Waals surface area contributed by atoms with Crippen molar-refractivity contribution >= 4 is 12.0 Å². The van der Waals surface area contributed by atoms with Gasteiger partial charge in [-0.3, -0.25) is 0 Å². The van der Waals surface area contributed by atoms with Crippen LogP contribution in [0.5, 0.6) is 5.75 Å². The molecule has 0 amide bonds. The summed E-state index contributed by atoms with van der Waals surface area (Å²) in [6.45, 7) is 2.15. The molecule has 0 saturated heterocycles. The fraction of sp³-hybridized carbons (Fsp3) is 0.316. The van der Waals surface area contributed by atoms with E-state index in [4.69, 9.17) is 4.74 Å². The first kappa shape index (κ1) is 14.6. The van der Waals surface area contributed by atoms with Crippen molar-refractivity contribution < 1.29 is 9.53 Å². The maximum Gasteiger partial charge on any atom is 0.142 e. The fourth-order valence-electron chi connectivity index (χ4n) is 3.25. The van der Waals surface area contributed by atoms with Crippen LogP contribution in [0.3, 0.4) is 0 Å². The highest BCUT2D eigenvalue weighted by Crippen LogP contribution is 2.37. The second kappa shape index (κ2) is 6.22. The van der Waals surface area contributed by atoms with Crippen LogP contribution in [0.1, 0.15) is 24.0 Å². The van der Waals surface area contributed by atoms with Crippen LogP contribution in [0, 0.1) is 5.92 Å². The van der Waals surface area contributed by atoms with E-state index in [1.165, 1.54) is 11.1 Å². The zero-order valence-electron chi connectivity index (χ0n) is 13.0. The lowest BCUT2D eigenvalue weighted by atomic mass is 9.80. The molecular formula is C19H21NO2. The van der Waals surface area contributed by atoms with E-state index in [2.05, 4.69) is 42.6 Å². The number of benzene rings is 2. The van der Waals surface area contributed by atoms with E-state index < -0.39 is 0 Å². The van der Waals surface area contributed by atoms with Crippen molar-refractivity contribution in [3.63, 3.8) is 0 Å². The van der Waals surface area contributed by atoms with E-state index in [9.17, 15) is 4.79 Å². The number of hydrogen-bond donors (Lipinski definition) is 1. The third kappa shape index (κ3) is 2.71. The topological polar surface area (TPSA) is 38.3 Å². The van der Waals surface area contributed by atoms with Crippen molar-refractivity contribution in [3.8, 4) is 5.75 Å². The maximum atomic E-state index is 11.5. The molecule has 22 heavy (non-hydrogen) atoms. The molecule has 3 nitrogen and oxygen atoms in total. The summed E-state index contributed by atoms with van der Waals surface area (Å²) < 4.78 is 5.24. The van der Waals surface area contributed by atoms with Gasteiger partial charge in [0.1, 0.15) is 12.0 Å². The van der Waals surface area contributed by atoms with Crippen LogP contribution >= 0.6 is 0 Å². The molecule has 114 valence electrons. The lowest BCUT2D eigenvalue weighted by Gasteiger charge is -2.26. The molecule has 0 saturated carbocycles. The van der Waals surface area contributed by atoms with Gasteiger partial charge in [0.15, 0.2) is 0 Å². The maximum absolute atomic E-state index is 11.5. The SMILES string of the molecule is COc1ccc(C2Cc3ccccc3NC(C=O)C2C)cc1. The molecule has 1 heterocycles. The Balaban J connectivity index is 1.99. The van der Waals surface area contributed by atoms with Crippen molar-refractivity contribution in [1.29, 1.82) is 0 Å². The third-order valence-corrected chi connectivity index (χ3v) is 4.67. The summed E-state index contributed by atoms with van der Waals surface area (Å²) >= 11 is 0. The van der Waals surface area contributed by atoms with Crippen LogP contribution in [-0.2, 0) is 11.2 Å². The molecule has 1 aliphatic rings. The number of para-hydroxylation sites is 1. The Hall–Kier alpha value is -2.29. The quantitative estimate of drug-likeness (QED) is 0.878. The highest BCUT2D eigenvalue weighted by Gasteiger charge is 2.31. The predicted molar refractivity (Wildman–Crippen MR) is 88.5 cm³/mol. The number of hydrogen-bond acceptors (Lipinski definition) is 3. The van der Waals surface area contributed by atoms with Crippen molar-refractivity contribution in [3.05, 3.63) is 59.7 Å². The Morgan fingerprint density at radius 2 is 1.86 bits per heavy atom. The molecule has 0 radical (unpaired) electrons. The lowest BCUT2D eigenvalue weighted by molar-refractivity contribution is -0.109. The predicted octanol–water partition coefficient (Wildman–Crippen LogP) is 3.65. The molecule has 1 N–H and O–H groups in total. The Labute approximate surface area is 131 Å². The van der Waals surface area contributed by atoms with Gasteiger partial charge < -0.3 is 14.8 Å². The Bertz CT molecular complexity index is 651. The van der Waals surface area contributed by atoms with Gasteiger partial charge in [0.05, 0.1) is 13.2 Å². The van der Waals surface area contributed by atoms with Crippen LogP contribution < -0.4 is 10.1 Å². The molecule has 0 bridgehead atoms. The van der Waals surface area contributed by atoms with Gasteiger partial charge in [-0.25, -0.2) is 0 Å². The number of ether oxygens (including phenoxy) is 1. The van der Waals surface area contributed by atoms with Gasteiger partial charge in [-0.05, 0) is 47.6 Å². The fourth-order valence-corrected chi connectivity index (χ4v) is 3.25. The second-order valence-electron chi connectivity index (χ2n) is 5.91. The number of methoxy groups -OCH3 is 1. The summed E-state index contributed by atoms with van der Waals surface area (Å²) in [7, 11) is 1.67. The average Bonchev–Trinajstić information content (AvgIpc) is 2.72. The first-order valence-electron chi connectivity index (χ1n) is 7.66. The summed E-state index contributed by atoms with van der Waals surface area (Å²) in [6.07, 6.45) is 1.96. The van der Waals surface area contributed by atoms with Crippen LogP contribution in [0.15, 0.2) is 48.5 Å². The van der Waals surface area contributed by atoms with E-state index in [-0.39, 0.29) is 12.0 Å². The van der Waals surface area contributed by atoms with Gasteiger partial charge in [0.25, 0.3) is 0 Å². The second-order valence-corrected chi connectivity index (χ2v) is 5.91. The van der Waals surface area contributed by atoms with Gasteiger partial charge in [-0.1, -0.05) is 37.3 Å². The van der Waals surface area contributed by atoms with E-state index >= 15 is 0 Å². The van der Waals surface area contributed by atoms with Crippen LogP contribution in [0.25, 0.3) is 0 Å². The molecule has 1 aliphatic heterocycles. The van der Waals surface area contributed by atoms with Gasteiger partial charge >= 0.3 is 0 Å². The Morgan fingerprint density at radius 3 is 2.55 bits per heavy atom. The largest absolute Gasteiger partial charge is 0.497 e. The average molecular weight is 295 g/mol. The van der Waals surface area contributed by atoms with Crippen molar-refractivity contribution in [2.24, 2.45) is 5.92 Å². The number of nitrogens with one attached hydrogen (secondary N) is 1. The minimum Gasteiger partial charge on any atom is -0.497 e. The molecular weight excluding hydrogens is 274 g/mol. The smallest absolute Gasteiger partial charge is 0.142 e. The summed E-state index contributed by atoms with van der Waals surface area (Å²) in [5.74, 6) is 1.38. The minimum absolute atomic E-state index is 0.171. The molecule has 3 unspecified atom stereocenters. The number of rotatable bonds is 3. The van der Waals surface area contributed by atoms with Crippen molar-refractivity contribution in [1.82, 2.24) is 0 Å². The Kier molecular flexibility index (Phi) is 4.14. The zero-order valence-corrected chi connectivity index (χ0v) is 13.0. The molecule has 3 rings (SSSR count). The molecule has 0 aromatic heterocycles. The molecule has 0 aliphatic carbocycles. The summed E-state index contributed by atoms with van der Waals surface area (Å²) in [5, 5.41) is 3.39. The highest BCUT2D eigenvalue weighted by atomic mass is 16.5. The lowest BCUT2D eigenvalue weighted by Crippen LogP contribution is -2.31. The Morgan fingerprint density at radius 1 is 1.14 bits per heavy atom. The molecule has 2 aromatic carbocycles. The summed E-state index contributed by atoms with van der Waals surface area (Å²) in [6, 6.07) is 16.3. The minimum atomic E-state index is -0.171.